The molecule has 2 aromatic rings. The summed E-state index contributed by atoms with van der Waals surface area (Å²) in [6.45, 7) is 3.96. The average Bonchev–Trinajstić information content (AvgIpc) is 2.64. The van der Waals surface area contributed by atoms with Crippen LogP contribution in [0.3, 0.4) is 0 Å². The van der Waals surface area contributed by atoms with Crippen LogP contribution in [0.2, 0.25) is 0 Å². The maximum Gasteiger partial charge on any atom is 0.195 e. The molecule has 102 valence electrons. The molecule has 2 N–H and O–H groups in total. The highest BCUT2D eigenvalue weighted by Crippen LogP contribution is 2.31. The van der Waals surface area contributed by atoms with Crippen molar-refractivity contribution in [3.63, 3.8) is 0 Å². The van der Waals surface area contributed by atoms with E-state index in [0.717, 1.165) is 21.9 Å². The third-order valence-electron chi connectivity index (χ3n) is 2.82. The summed E-state index contributed by atoms with van der Waals surface area (Å²) in [6, 6.07) is 6.39. The van der Waals surface area contributed by atoms with E-state index in [1.165, 1.54) is 10.5 Å². The molecule has 0 aliphatic carbocycles. The molecule has 1 unspecified atom stereocenters. The fourth-order valence-corrected chi connectivity index (χ4v) is 3.09. The third kappa shape index (κ3) is 3.58. The van der Waals surface area contributed by atoms with Crippen LogP contribution < -0.4 is 5.73 Å². The Kier molecular flexibility index (Phi) is 4.65. The number of nitrogens with two attached hydrogens (primary N) is 1. The van der Waals surface area contributed by atoms with Gasteiger partial charge >= 0.3 is 0 Å². The second kappa shape index (κ2) is 6.07. The molecule has 19 heavy (non-hydrogen) atoms. The van der Waals surface area contributed by atoms with Gasteiger partial charge in [-0.1, -0.05) is 15.9 Å². The zero-order chi connectivity index (χ0) is 14.0. The van der Waals surface area contributed by atoms with Gasteiger partial charge in [0.25, 0.3) is 0 Å². The predicted octanol–water partition coefficient (Wildman–Crippen LogP) is 2.93. The van der Waals surface area contributed by atoms with Gasteiger partial charge in [0.1, 0.15) is 5.82 Å². The number of benzene rings is 1. The summed E-state index contributed by atoms with van der Waals surface area (Å²) in [6.07, 6.45) is 0.846. The van der Waals surface area contributed by atoms with E-state index < -0.39 is 0 Å². The molecule has 1 aromatic carbocycles. The van der Waals surface area contributed by atoms with Crippen LogP contribution in [-0.4, -0.2) is 20.8 Å². The second-order valence-corrected chi connectivity index (χ2v) is 6.55. The molecule has 1 atom stereocenters. The SMILES string of the molecule is Cc1nnc(Sc2ccc(Br)cc2CC(C)N)n1C. The molecular formula is C13H17BrN4S. The summed E-state index contributed by atoms with van der Waals surface area (Å²) < 4.78 is 3.06. The molecule has 4 nitrogen and oxygen atoms in total. The average molecular weight is 341 g/mol. The summed E-state index contributed by atoms with van der Waals surface area (Å²) in [5.41, 5.74) is 7.14. The molecule has 0 bridgehead atoms. The molecule has 0 aliphatic heterocycles. The molecular weight excluding hydrogens is 324 g/mol. The Bertz CT molecular complexity index is 580. The van der Waals surface area contributed by atoms with E-state index >= 15 is 0 Å². The zero-order valence-electron chi connectivity index (χ0n) is 11.2. The Balaban J connectivity index is 2.31. The van der Waals surface area contributed by atoms with Crippen LogP contribution in [0.15, 0.2) is 32.7 Å². The maximum absolute atomic E-state index is 5.91. The van der Waals surface area contributed by atoms with Gasteiger partial charge in [0.2, 0.25) is 0 Å². The summed E-state index contributed by atoms with van der Waals surface area (Å²) in [5.74, 6) is 0.911. The number of aryl methyl sites for hydroxylation is 1. The number of nitrogens with zero attached hydrogens (tertiary/aromatic N) is 3. The molecule has 2 rings (SSSR count). The van der Waals surface area contributed by atoms with Gasteiger partial charge in [-0.2, -0.15) is 0 Å². The van der Waals surface area contributed by atoms with Gasteiger partial charge in [-0.3, -0.25) is 0 Å². The predicted molar refractivity (Wildman–Crippen MR) is 81.4 cm³/mol. The molecule has 0 amide bonds. The molecule has 0 aliphatic rings. The molecule has 1 heterocycles. The van der Waals surface area contributed by atoms with Crippen molar-refractivity contribution >= 4 is 27.7 Å². The van der Waals surface area contributed by atoms with E-state index in [1.54, 1.807) is 11.8 Å². The lowest BCUT2D eigenvalue weighted by molar-refractivity contribution is 0.727. The lowest BCUT2D eigenvalue weighted by atomic mass is 10.1. The van der Waals surface area contributed by atoms with Crippen LogP contribution in [0, 0.1) is 6.92 Å². The van der Waals surface area contributed by atoms with Gasteiger partial charge in [0.05, 0.1) is 0 Å². The number of rotatable bonds is 4. The second-order valence-electron chi connectivity index (χ2n) is 4.62. The molecule has 6 heteroatoms. The fourth-order valence-electron chi connectivity index (χ4n) is 1.73. The summed E-state index contributed by atoms with van der Waals surface area (Å²) in [4.78, 5) is 1.18. The normalized spacial score (nSPS) is 12.7. The third-order valence-corrected chi connectivity index (χ3v) is 4.47. The van der Waals surface area contributed by atoms with Crippen LogP contribution in [-0.2, 0) is 13.5 Å². The Morgan fingerprint density at radius 2 is 2.16 bits per heavy atom. The largest absolute Gasteiger partial charge is 0.328 e. The quantitative estimate of drug-likeness (QED) is 0.929. The summed E-state index contributed by atoms with van der Waals surface area (Å²) in [7, 11) is 1.97. The van der Waals surface area contributed by atoms with E-state index in [1.807, 2.05) is 31.5 Å². The monoisotopic (exact) mass is 340 g/mol. The van der Waals surface area contributed by atoms with Crippen molar-refractivity contribution in [1.82, 2.24) is 14.8 Å². The first kappa shape index (κ1) is 14.6. The van der Waals surface area contributed by atoms with Crippen molar-refractivity contribution in [2.24, 2.45) is 12.8 Å². The molecule has 0 spiro atoms. The lowest BCUT2D eigenvalue weighted by Crippen LogP contribution is -2.18. The van der Waals surface area contributed by atoms with Crippen molar-refractivity contribution < 1.29 is 0 Å². The highest BCUT2D eigenvalue weighted by molar-refractivity contribution is 9.10. The van der Waals surface area contributed by atoms with Crippen molar-refractivity contribution in [3.05, 3.63) is 34.1 Å². The zero-order valence-corrected chi connectivity index (χ0v) is 13.6. The van der Waals surface area contributed by atoms with Gasteiger partial charge in [0.15, 0.2) is 5.16 Å². The molecule has 1 aromatic heterocycles. The minimum Gasteiger partial charge on any atom is -0.328 e. The first-order valence-corrected chi connectivity index (χ1v) is 7.66. The number of hydrogen-bond acceptors (Lipinski definition) is 4. The first-order valence-electron chi connectivity index (χ1n) is 6.05. The fraction of sp³-hybridized carbons (Fsp3) is 0.385. The van der Waals surface area contributed by atoms with E-state index in [2.05, 4.69) is 38.3 Å². The molecule has 0 saturated carbocycles. The lowest BCUT2D eigenvalue weighted by Gasteiger charge is -2.11. The van der Waals surface area contributed by atoms with Crippen molar-refractivity contribution in [1.29, 1.82) is 0 Å². The van der Waals surface area contributed by atoms with Crippen LogP contribution in [0.1, 0.15) is 18.3 Å². The molecule has 0 fully saturated rings. The molecule has 0 saturated heterocycles. The van der Waals surface area contributed by atoms with Crippen LogP contribution >= 0.6 is 27.7 Å². The molecule has 0 radical (unpaired) electrons. The highest BCUT2D eigenvalue weighted by Gasteiger charge is 2.11. The van der Waals surface area contributed by atoms with Gasteiger partial charge in [-0.25, -0.2) is 0 Å². The topological polar surface area (TPSA) is 56.7 Å². The summed E-state index contributed by atoms with van der Waals surface area (Å²) >= 11 is 5.13. The van der Waals surface area contributed by atoms with Gasteiger partial charge in [-0.05, 0) is 55.8 Å². The van der Waals surface area contributed by atoms with E-state index in [-0.39, 0.29) is 6.04 Å². The number of aromatic nitrogens is 3. The highest BCUT2D eigenvalue weighted by atomic mass is 79.9. The smallest absolute Gasteiger partial charge is 0.195 e. The Labute approximate surface area is 125 Å². The maximum atomic E-state index is 5.91. The minimum absolute atomic E-state index is 0.134. The Morgan fingerprint density at radius 1 is 1.42 bits per heavy atom. The number of hydrogen-bond donors (Lipinski definition) is 1. The van der Waals surface area contributed by atoms with E-state index in [9.17, 15) is 0 Å². The standard InChI is InChI=1S/C13H17BrN4S/c1-8(15)6-10-7-11(14)4-5-12(10)19-13-17-16-9(2)18(13)3/h4-5,7-8H,6,15H2,1-3H3. The Hall–Kier alpha value is -0.850. The number of halogens is 1. The summed E-state index contributed by atoms with van der Waals surface area (Å²) in [5, 5.41) is 9.16. The van der Waals surface area contributed by atoms with Gasteiger partial charge in [-0.15, -0.1) is 10.2 Å². The van der Waals surface area contributed by atoms with E-state index in [0.29, 0.717) is 0 Å². The van der Waals surface area contributed by atoms with Gasteiger partial charge < -0.3 is 10.3 Å². The van der Waals surface area contributed by atoms with Crippen LogP contribution in [0.25, 0.3) is 0 Å². The van der Waals surface area contributed by atoms with Crippen molar-refractivity contribution in [2.45, 2.75) is 36.4 Å². The first-order chi connectivity index (χ1) is 8.97. The van der Waals surface area contributed by atoms with Gasteiger partial charge in [0, 0.05) is 22.5 Å². The Morgan fingerprint density at radius 3 is 2.74 bits per heavy atom. The van der Waals surface area contributed by atoms with E-state index in [4.69, 9.17) is 5.73 Å². The van der Waals surface area contributed by atoms with Crippen molar-refractivity contribution in [3.8, 4) is 0 Å². The van der Waals surface area contributed by atoms with Crippen molar-refractivity contribution in [2.75, 3.05) is 0 Å². The minimum atomic E-state index is 0.134. The van der Waals surface area contributed by atoms with Crippen LogP contribution in [0.4, 0.5) is 0 Å². The van der Waals surface area contributed by atoms with Crippen LogP contribution in [0.5, 0.6) is 0 Å².